The Morgan fingerprint density at radius 2 is 0.379 bits per heavy atom. The molecule has 0 aliphatic rings. The molecule has 3 aromatic carbocycles. The molecule has 58 heavy (non-hydrogen) atoms. The third-order valence-electron chi connectivity index (χ3n) is 8.32. The summed E-state index contributed by atoms with van der Waals surface area (Å²) in [7, 11) is 36.1. The molecule has 0 aliphatic carbocycles. The van der Waals surface area contributed by atoms with E-state index in [2.05, 4.69) is 14.7 Å². The molecule has 0 bridgehead atoms. The van der Waals surface area contributed by atoms with Crippen LogP contribution >= 0.6 is 0 Å². The van der Waals surface area contributed by atoms with Crippen molar-refractivity contribution in [3.05, 3.63) is 86.5 Å². The summed E-state index contributed by atoms with van der Waals surface area (Å²) in [6.45, 7) is 6.76. The van der Waals surface area contributed by atoms with Gasteiger partial charge in [-0.3, -0.25) is 0 Å². The van der Waals surface area contributed by atoms with Crippen molar-refractivity contribution in [2.45, 2.75) is 58.9 Å². The van der Waals surface area contributed by atoms with Gasteiger partial charge < -0.3 is 59.4 Å². The second-order valence-electron chi connectivity index (χ2n) is 17.9. The van der Waals surface area contributed by atoms with Crippen molar-refractivity contribution in [1.29, 1.82) is 0 Å². The molecule has 0 N–H and O–H groups in total. The summed E-state index contributed by atoms with van der Waals surface area (Å²) >= 11 is 0. The molecule has 0 heterocycles. The van der Waals surface area contributed by atoms with E-state index < -0.39 is 0 Å². The second-order valence-corrected chi connectivity index (χ2v) is 17.9. The van der Waals surface area contributed by atoms with Crippen LogP contribution in [0.25, 0.3) is 0 Å². The molecule has 0 unspecified atom stereocenters. The minimum Gasteiger partial charge on any atom is -0.872 e. The van der Waals surface area contributed by atoms with Crippen molar-refractivity contribution in [2.24, 2.45) is 0 Å². The Hall–Kier alpha value is -2.11. The van der Waals surface area contributed by atoms with Crippen LogP contribution in [-0.4, -0.2) is 171 Å². The van der Waals surface area contributed by atoms with Crippen LogP contribution in [0.3, 0.4) is 0 Å². The summed E-state index contributed by atoms with van der Waals surface area (Å²) in [6.07, 6.45) is 0. The van der Waals surface area contributed by atoms with Gasteiger partial charge >= 0.3 is 35.6 Å². The van der Waals surface area contributed by atoms with Crippen molar-refractivity contribution in [2.75, 3.05) is 127 Å². The van der Waals surface area contributed by atoms with Gasteiger partial charge in [0.25, 0.3) is 0 Å². The van der Waals surface area contributed by atoms with Crippen LogP contribution < -0.4 is 15.3 Å². The molecule has 13 heteroatoms. The normalized spacial score (nSPS) is 11.6. The van der Waals surface area contributed by atoms with Crippen LogP contribution in [0, 0.1) is 35.6 Å². The molecule has 0 saturated heterocycles. The Morgan fingerprint density at radius 3 is 0.483 bits per heavy atom. The smallest absolute Gasteiger partial charge is 0.872 e. The van der Waals surface area contributed by atoms with E-state index in [0.717, 1.165) is 53.0 Å². The molecule has 0 saturated carbocycles. The number of hydrogen-bond acceptors (Lipinski definition) is 12. The van der Waals surface area contributed by atoms with Gasteiger partial charge in [0.2, 0.25) is 0 Å². The van der Waals surface area contributed by atoms with Gasteiger partial charge in [-0.25, -0.2) is 0 Å². The Balaban J connectivity index is 0.000000833. The van der Waals surface area contributed by atoms with Crippen LogP contribution in [0.2, 0.25) is 0 Å². The van der Waals surface area contributed by atoms with Crippen LogP contribution in [-0.2, 0) is 58.9 Å². The monoisotopic (exact) mass is 932 g/mol. The average Bonchev–Trinajstić information content (AvgIpc) is 3.02. The van der Waals surface area contributed by atoms with Crippen LogP contribution in [0.5, 0.6) is 17.2 Å². The van der Waals surface area contributed by atoms with Crippen LogP contribution in [0.4, 0.5) is 0 Å². The van der Waals surface area contributed by atoms with Crippen molar-refractivity contribution < 1.29 is 50.9 Å². The second kappa shape index (κ2) is 27.7. The Kier molecular flexibility index (Phi) is 26.7. The molecule has 0 fully saturated rings. The molecule has 3 rings (SSSR count). The third kappa shape index (κ3) is 22.5. The van der Waals surface area contributed by atoms with Crippen LogP contribution in [0.1, 0.15) is 50.1 Å². The van der Waals surface area contributed by atoms with Crippen LogP contribution in [0.15, 0.2) is 36.4 Å². The predicted molar refractivity (Wildman–Crippen MR) is 234 cm³/mol. The minimum atomic E-state index is 0. The van der Waals surface area contributed by atoms with E-state index in [0.29, 0.717) is 39.3 Å². The van der Waals surface area contributed by atoms with Gasteiger partial charge in [-0.15, -0.1) is 0 Å². The fourth-order valence-electron chi connectivity index (χ4n) is 6.60. The molecule has 0 radical (unpaired) electrons. The zero-order valence-corrected chi connectivity index (χ0v) is 43.3. The molecule has 0 atom stereocenters. The molecule has 0 aromatic heterocycles. The quantitative estimate of drug-likeness (QED) is 0.188. The Morgan fingerprint density at radius 1 is 0.259 bits per heavy atom. The van der Waals surface area contributed by atoms with Gasteiger partial charge in [0, 0.05) is 58.9 Å². The summed E-state index contributed by atoms with van der Waals surface area (Å²) in [4.78, 5) is 18.6. The summed E-state index contributed by atoms with van der Waals surface area (Å²) in [5.74, 6) is 0.555. The van der Waals surface area contributed by atoms with Gasteiger partial charge in [-0.1, -0.05) is 53.6 Å². The fraction of sp³-hybridized carbons (Fsp3) is 0.600. The largest absolute Gasteiger partial charge is 3.00 e. The SMILES string of the molecule is CN(C)Cc1cc(CN(C)C)c([O-])c(CN(C)C)c1.CN(C)Cc1cc(CN(C)C)c([O-])c(CN(C)C)c1.CN(C)Cc1cc(CN(C)C)c([O-])c(CN(C)C)c1.[La+3]. The molecule has 0 amide bonds. The molecular formula is C45H78LaN9O3. The van der Waals surface area contributed by atoms with E-state index in [9.17, 15) is 15.3 Å². The first-order valence-electron chi connectivity index (χ1n) is 19.7. The van der Waals surface area contributed by atoms with E-state index in [1.165, 1.54) is 16.7 Å². The maximum Gasteiger partial charge on any atom is 3.00 e. The number of rotatable bonds is 18. The Bertz CT molecular complexity index is 1340. The summed E-state index contributed by atoms with van der Waals surface area (Å²) in [6, 6.07) is 12.3. The zero-order valence-electron chi connectivity index (χ0n) is 39.7. The van der Waals surface area contributed by atoms with E-state index in [1.807, 2.05) is 193 Å². The van der Waals surface area contributed by atoms with Gasteiger partial charge in [0.15, 0.2) is 0 Å². The number of benzene rings is 3. The summed E-state index contributed by atoms with van der Waals surface area (Å²) in [5, 5.41) is 37.2. The zero-order chi connectivity index (χ0) is 43.7. The first kappa shape index (κ1) is 55.9. The molecule has 12 nitrogen and oxygen atoms in total. The van der Waals surface area contributed by atoms with E-state index in [-0.39, 0.29) is 52.8 Å². The summed E-state index contributed by atoms with van der Waals surface area (Å²) in [5.41, 5.74) is 8.96. The van der Waals surface area contributed by atoms with Gasteiger partial charge in [0.1, 0.15) is 0 Å². The summed E-state index contributed by atoms with van der Waals surface area (Å²) < 4.78 is 0. The van der Waals surface area contributed by atoms with Crippen molar-refractivity contribution in [3.8, 4) is 17.2 Å². The Labute approximate surface area is 382 Å². The first-order chi connectivity index (χ1) is 26.4. The van der Waals surface area contributed by atoms with Gasteiger partial charge in [-0.2, -0.15) is 0 Å². The third-order valence-corrected chi connectivity index (χ3v) is 8.32. The van der Waals surface area contributed by atoms with E-state index >= 15 is 0 Å². The van der Waals surface area contributed by atoms with Gasteiger partial charge in [0.05, 0.1) is 0 Å². The average molecular weight is 932 g/mol. The topological polar surface area (TPSA) is 98.3 Å². The predicted octanol–water partition coefficient (Wildman–Crippen LogP) is 2.84. The molecule has 0 spiro atoms. The molecule has 3 aromatic rings. The number of hydrogen-bond donors (Lipinski definition) is 0. The van der Waals surface area contributed by atoms with E-state index in [4.69, 9.17) is 0 Å². The first-order valence-corrected chi connectivity index (χ1v) is 19.7. The van der Waals surface area contributed by atoms with E-state index in [1.54, 1.807) is 0 Å². The van der Waals surface area contributed by atoms with Crippen molar-refractivity contribution in [1.82, 2.24) is 44.1 Å². The molecular weight excluding hydrogens is 853 g/mol. The van der Waals surface area contributed by atoms with Gasteiger partial charge in [-0.05, 0) is 177 Å². The molecule has 0 aliphatic heterocycles. The van der Waals surface area contributed by atoms with Crippen molar-refractivity contribution in [3.63, 3.8) is 0 Å². The maximum atomic E-state index is 12.4. The number of nitrogens with zero attached hydrogens (tertiary/aromatic N) is 9. The standard InChI is InChI=1S/3C15H27N3O.La/c3*1-16(2)9-12-7-13(10-17(3)4)15(19)14(8-12)11-18(5)6;/h3*7-8,19H,9-11H2,1-6H3;/q;;;+3/p-3. The fourth-order valence-corrected chi connectivity index (χ4v) is 6.60. The maximum absolute atomic E-state index is 12.4. The molecule has 324 valence electrons. The van der Waals surface area contributed by atoms with Crippen molar-refractivity contribution >= 4 is 0 Å². The minimum absolute atomic E-state index is 0.